The number of hydrogen-bond acceptors (Lipinski definition) is 3. The molecule has 0 aliphatic heterocycles. The summed E-state index contributed by atoms with van der Waals surface area (Å²) in [4.78, 5) is 2.81. The third-order valence-electron chi connectivity index (χ3n) is 13.9. The fourth-order valence-corrected chi connectivity index (χ4v) is 9.49. The maximum Gasteiger partial charge on any atom is 0.0644 e. The highest BCUT2D eigenvalue weighted by Gasteiger charge is 2.35. The summed E-state index contributed by atoms with van der Waals surface area (Å²) in [6, 6.07) is 0.732. The monoisotopic (exact) mass is 806 g/mol. The molecule has 0 amide bonds. The fourth-order valence-electron chi connectivity index (χ4n) is 9.49. The van der Waals surface area contributed by atoms with Crippen molar-refractivity contribution in [1.82, 2.24) is 4.90 Å². The first kappa shape index (κ1) is 56.9. The Bertz CT molecular complexity index is 819. The van der Waals surface area contributed by atoms with Crippen LogP contribution in [0.1, 0.15) is 294 Å². The summed E-state index contributed by atoms with van der Waals surface area (Å²) < 4.78 is 12.1. The molecule has 0 N–H and O–H groups in total. The molecule has 0 spiro atoms. The van der Waals surface area contributed by atoms with Crippen LogP contribution in [0.25, 0.3) is 0 Å². The van der Waals surface area contributed by atoms with Crippen molar-refractivity contribution in [2.24, 2.45) is 10.8 Å². The predicted octanol–water partition coefficient (Wildman–Crippen LogP) is 18.3. The van der Waals surface area contributed by atoms with Crippen LogP contribution < -0.4 is 0 Å². The number of methoxy groups -OCH3 is 1. The van der Waals surface area contributed by atoms with Gasteiger partial charge in [-0.15, -0.1) is 0 Å². The summed E-state index contributed by atoms with van der Waals surface area (Å²) in [5.41, 5.74) is 0.389. The van der Waals surface area contributed by atoms with Gasteiger partial charge in [-0.25, -0.2) is 0 Å². The molecule has 0 aromatic heterocycles. The molecule has 0 radical (unpaired) electrons. The van der Waals surface area contributed by atoms with E-state index >= 15 is 0 Å². The second-order valence-electron chi connectivity index (χ2n) is 21.7. The molecule has 57 heavy (non-hydrogen) atoms. The minimum atomic E-state index is -0.124. The van der Waals surface area contributed by atoms with Crippen LogP contribution >= 0.6 is 0 Å². The standard InChI is InChI=1S/C54H111NO2/c1-13-16-18-20-22-24-26-28-30-32-34-36-38-40-42-50(43-41-39-37-35-33-31-29-27-25-23-21-19-17-14-2)55(11)49-51(4,5)48-54(10,15-3)45-44-53(8,9)57-47-46-52(6,7)56-12/h50H,13-49H2,1-12H3. The molecule has 3 heteroatoms. The van der Waals surface area contributed by atoms with Crippen molar-refractivity contribution in [2.75, 3.05) is 27.3 Å². The first-order chi connectivity index (χ1) is 27.1. The van der Waals surface area contributed by atoms with Gasteiger partial charge in [-0.05, 0) is 84.1 Å². The molecule has 0 heterocycles. The molecule has 0 aromatic carbocycles. The molecular weight excluding hydrogens is 695 g/mol. The van der Waals surface area contributed by atoms with Gasteiger partial charge in [-0.2, -0.15) is 0 Å². The van der Waals surface area contributed by atoms with Crippen molar-refractivity contribution < 1.29 is 9.47 Å². The summed E-state index contributed by atoms with van der Waals surface area (Å²) in [7, 11) is 4.28. The van der Waals surface area contributed by atoms with Gasteiger partial charge in [0.1, 0.15) is 0 Å². The highest BCUT2D eigenvalue weighted by Crippen LogP contribution is 2.42. The van der Waals surface area contributed by atoms with Crippen molar-refractivity contribution in [3.05, 3.63) is 0 Å². The zero-order valence-corrected chi connectivity index (χ0v) is 42.0. The van der Waals surface area contributed by atoms with Crippen LogP contribution in [-0.2, 0) is 9.47 Å². The summed E-state index contributed by atoms with van der Waals surface area (Å²) >= 11 is 0. The van der Waals surface area contributed by atoms with Gasteiger partial charge in [0.15, 0.2) is 0 Å². The SMILES string of the molecule is CCCCCCCCCCCCCCCCC(CCCCCCCCCCCCCCCC)N(C)CC(C)(C)CC(C)(CC)CCC(C)(C)OCCC(C)(C)OC. The maximum absolute atomic E-state index is 6.45. The molecule has 1 atom stereocenters. The average molecular weight is 806 g/mol. The van der Waals surface area contributed by atoms with E-state index in [2.05, 4.69) is 81.2 Å². The Kier molecular flexibility index (Phi) is 35.4. The Morgan fingerprint density at radius 2 is 0.789 bits per heavy atom. The highest BCUT2D eigenvalue weighted by molar-refractivity contribution is 4.87. The molecule has 0 saturated heterocycles. The lowest BCUT2D eigenvalue weighted by Gasteiger charge is -2.42. The highest BCUT2D eigenvalue weighted by atomic mass is 16.5. The molecule has 1 unspecified atom stereocenters. The van der Waals surface area contributed by atoms with Gasteiger partial charge in [-0.3, -0.25) is 0 Å². The van der Waals surface area contributed by atoms with Crippen molar-refractivity contribution in [2.45, 2.75) is 311 Å². The van der Waals surface area contributed by atoms with Crippen LogP contribution in [0.4, 0.5) is 0 Å². The van der Waals surface area contributed by atoms with E-state index in [4.69, 9.17) is 9.47 Å². The molecule has 0 rings (SSSR count). The molecule has 0 aliphatic carbocycles. The molecule has 0 fully saturated rings. The van der Waals surface area contributed by atoms with E-state index in [1.54, 1.807) is 7.11 Å². The largest absolute Gasteiger partial charge is 0.379 e. The molecular formula is C54H111NO2. The Balaban J connectivity index is 4.88. The minimum Gasteiger partial charge on any atom is -0.379 e. The van der Waals surface area contributed by atoms with Crippen LogP contribution in [0.2, 0.25) is 0 Å². The number of hydrogen-bond donors (Lipinski definition) is 0. The summed E-state index contributed by atoms with van der Waals surface area (Å²) in [5, 5.41) is 0. The third-order valence-corrected chi connectivity index (χ3v) is 13.9. The van der Waals surface area contributed by atoms with E-state index in [9.17, 15) is 0 Å². The van der Waals surface area contributed by atoms with Crippen molar-refractivity contribution in [3.8, 4) is 0 Å². The third kappa shape index (κ3) is 35.2. The average Bonchev–Trinajstić information content (AvgIpc) is 3.16. The lowest BCUT2D eigenvalue weighted by molar-refractivity contribution is -0.0668. The first-order valence-electron chi connectivity index (χ1n) is 26.0. The van der Waals surface area contributed by atoms with Crippen LogP contribution in [-0.4, -0.2) is 49.5 Å². The van der Waals surface area contributed by atoms with E-state index in [0.29, 0.717) is 5.41 Å². The lowest BCUT2D eigenvalue weighted by atomic mass is 9.69. The van der Waals surface area contributed by atoms with Gasteiger partial charge in [0, 0.05) is 19.7 Å². The lowest BCUT2D eigenvalue weighted by Crippen LogP contribution is -2.41. The summed E-state index contributed by atoms with van der Waals surface area (Å²) in [6.45, 7) is 25.6. The van der Waals surface area contributed by atoms with E-state index < -0.39 is 0 Å². The fraction of sp³-hybridized carbons (Fsp3) is 1.00. The van der Waals surface area contributed by atoms with Crippen LogP contribution in [0.15, 0.2) is 0 Å². The Morgan fingerprint density at radius 1 is 0.439 bits per heavy atom. The van der Waals surface area contributed by atoms with Crippen molar-refractivity contribution in [3.63, 3.8) is 0 Å². The van der Waals surface area contributed by atoms with Gasteiger partial charge < -0.3 is 14.4 Å². The van der Waals surface area contributed by atoms with Gasteiger partial charge >= 0.3 is 0 Å². The second-order valence-corrected chi connectivity index (χ2v) is 21.7. The van der Waals surface area contributed by atoms with E-state index in [-0.39, 0.29) is 16.6 Å². The number of nitrogens with zero attached hydrogens (tertiary/aromatic N) is 1. The first-order valence-corrected chi connectivity index (χ1v) is 26.0. The topological polar surface area (TPSA) is 21.7 Å². The number of rotatable bonds is 44. The number of unbranched alkanes of at least 4 members (excludes halogenated alkanes) is 26. The molecule has 0 aromatic rings. The summed E-state index contributed by atoms with van der Waals surface area (Å²) in [5.74, 6) is 0. The van der Waals surface area contributed by atoms with Gasteiger partial charge in [0.25, 0.3) is 0 Å². The minimum absolute atomic E-state index is 0.104. The zero-order valence-electron chi connectivity index (χ0n) is 42.0. The van der Waals surface area contributed by atoms with Gasteiger partial charge in [0.2, 0.25) is 0 Å². The van der Waals surface area contributed by atoms with Gasteiger partial charge in [-0.1, -0.05) is 228 Å². The van der Waals surface area contributed by atoms with E-state index in [1.807, 2.05) is 0 Å². The zero-order chi connectivity index (χ0) is 42.7. The smallest absolute Gasteiger partial charge is 0.0644 e. The van der Waals surface area contributed by atoms with Crippen LogP contribution in [0.3, 0.4) is 0 Å². The molecule has 0 bridgehead atoms. The van der Waals surface area contributed by atoms with Crippen molar-refractivity contribution in [1.29, 1.82) is 0 Å². The molecule has 344 valence electrons. The predicted molar refractivity (Wildman–Crippen MR) is 258 cm³/mol. The van der Waals surface area contributed by atoms with Crippen LogP contribution in [0, 0.1) is 10.8 Å². The van der Waals surface area contributed by atoms with E-state index in [0.717, 1.165) is 25.5 Å². The van der Waals surface area contributed by atoms with E-state index in [1.165, 1.54) is 218 Å². The number of ether oxygens (including phenoxy) is 2. The van der Waals surface area contributed by atoms with Crippen LogP contribution in [0.5, 0.6) is 0 Å². The Labute approximate surface area is 362 Å². The van der Waals surface area contributed by atoms with Crippen molar-refractivity contribution >= 4 is 0 Å². The molecule has 3 nitrogen and oxygen atoms in total. The molecule has 0 saturated carbocycles. The summed E-state index contributed by atoms with van der Waals surface area (Å²) in [6.07, 6.45) is 49.0. The quantitative estimate of drug-likeness (QED) is 0.0573. The molecule has 0 aliphatic rings. The Hall–Kier alpha value is -0.120. The second kappa shape index (κ2) is 35.5. The normalized spacial score (nSPS) is 14.0. The van der Waals surface area contributed by atoms with Gasteiger partial charge in [0.05, 0.1) is 17.8 Å². The maximum atomic E-state index is 6.45. The Morgan fingerprint density at radius 3 is 1.12 bits per heavy atom.